The Hall–Kier alpha value is -3.17. The fourth-order valence-electron chi connectivity index (χ4n) is 3.37. The zero-order valence-electron chi connectivity index (χ0n) is 15.9. The van der Waals surface area contributed by atoms with Crippen LogP contribution in [0.3, 0.4) is 0 Å². The molecule has 6 nitrogen and oxygen atoms in total. The van der Waals surface area contributed by atoms with E-state index in [0.717, 1.165) is 28.9 Å². The van der Waals surface area contributed by atoms with Crippen LogP contribution in [0.15, 0.2) is 42.6 Å². The van der Waals surface area contributed by atoms with Crippen molar-refractivity contribution < 1.29 is 4.74 Å². The van der Waals surface area contributed by atoms with E-state index in [2.05, 4.69) is 16.2 Å². The second-order valence-electron chi connectivity index (χ2n) is 7.17. The predicted octanol–water partition coefficient (Wildman–Crippen LogP) is 3.91. The molecule has 0 radical (unpaired) electrons. The van der Waals surface area contributed by atoms with Crippen LogP contribution in [-0.2, 0) is 13.5 Å². The maximum atomic E-state index is 9.31. The van der Waals surface area contributed by atoms with Gasteiger partial charge in [0, 0.05) is 30.8 Å². The Morgan fingerprint density at radius 3 is 2.75 bits per heavy atom. The molecule has 0 aliphatic heterocycles. The molecule has 142 valence electrons. The Labute approximate surface area is 164 Å². The Kier molecular flexibility index (Phi) is 5.09. The van der Waals surface area contributed by atoms with Crippen LogP contribution in [0.25, 0.3) is 11.3 Å². The van der Waals surface area contributed by atoms with Gasteiger partial charge in [-0.2, -0.15) is 10.4 Å². The highest BCUT2D eigenvalue weighted by atomic mass is 16.5. The van der Waals surface area contributed by atoms with Crippen molar-refractivity contribution in [1.82, 2.24) is 14.8 Å². The van der Waals surface area contributed by atoms with Gasteiger partial charge < -0.3 is 10.5 Å². The molecular weight excluding hydrogens is 350 g/mol. The Morgan fingerprint density at radius 2 is 2.11 bits per heavy atom. The number of hydrogen-bond donors (Lipinski definition) is 1. The molecule has 0 amide bonds. The van der Waals surface area contributed by atoms with E-state index in [9.17, 15) is 5.26 Å². The summed E-state index contributed by atoms with van der Waals surface area (Å²) in [5.74, 6) is 1.80. The Bertz CT molecular complexity index is 1010. The van der Waals surface area contributed by atoms with E-state index in [1.165, 1.54) is 19.3 Å². The molecule has 0 bridgehead atoms. The number of nitrogens with zero attached hydrogens (tertiary/aromatic N) is 4. The summed E-state index contributed by atoms with van der Waals surface area (Å²) in [6.45, 7) is 0.593. The molecule has 0 unspecified atom stereocenters. The summed E-state index contributed by atoms with van der Waals surface area (Å²) in [4.78, 5) is 4.56. The number of benzene rings is 1. The van der Waals surface area contributed by atoms with Gasteiger partial charge in [0.1, 0.15) is 5.75 Å². The second-order valence-corrected chi connectivity index (χ2v) is 7.17. The normalized spacial score (nSPS) is 13.8. The van der Waals surface area contributed by atoms with Crippen LogP contribution in [0, 0.1) is 11.3 Å². The lowest BCUT2D eigenvalue weighted by molar-refractivity contribution is 0.406. The lowest BCUT2D eigenvalue weighted by atomic mass is 9.83. The van der Waals surface area contributed by atoms with E-state index in [0.29, 0.717) is 29.7 Å². The quantitative estimate of drug-likeness (QED) is 0.707. The average molecular weight is 373 g/mol. The van der Waals surface area contributed by atoms with Crippen molar-refractivity contribution in [3.05, 3.63) is 59.4 Å². The van der Waals surface area contributed by atoms with Gasteiger partial charge in [-0.1, -0.05) is 12.5 Å². The molecule has 0 atom stereocenters. The Balaban J connectivity index is 1.67. The van der Waals surface area contributed by atoms with Crippen molar-refractivity contribution in [1.29, 1.82) is 5.26 Å². The molecule has 2 heterocycles. The van der Waals surface area contributed by atoms with Crippen LogP contribution in [0.5, 0.6) is 11.6 Å². The number of nitriles is 1. The lowest BCUT2D eigenvalue weighted by Gasteiger charge is -2.22. The van der Waals surface area contributed by atoms with Gasteiger partial charge >= 0.3 is 0 Å². The third-order valence-corrected chi connectivity index (χ3v) is 5.24. The number of ether oxygens (including phenoxy) is 1. The molecule has 4 rings (SSSR count). The third kappa shape index (κ3) is 3.62. The number of aromatic nitrogens is 3. The maximum absolute atomic E-state index is 9.31. The van der Waals surface area contributed by atoms with Crippen molar-refractivity contribution in [2.45, 2.75) is 31.6 Å². The molecule has 3 aromatic rings. The molecule has 2 N–H and O–H groups in total. The molecular formula is C22H23N5O. The molecule has 1 aromatic carbocycles. The van der Waals surface area contributed by atoms with Crippen LogP contribution < -0.4 is 10.5 Å². The van der Waals surface area contributed by atoms with Crippen molar-refractivity contribution >= 4 is 0 Å². The van der Waals surface area contributed by atoms with Crippen molar-refractivity contribution in [3.8, 4) is 29.0 Å². The first kappa shape index (κ1) is 18.2. The molecule has 6 heteroatoms. The minimum atomic E-state index is 0.533. The number of hydrogen-bond acceptors (Lipinski definition) is 5. The van der Waals surface area contributed by atoms with Crippen molar-refractivity contribution in [2.75, 3.05) is 6.54 Å². The van der Waals surface area contributed by atoms with E-state index in [-0.39, 0.29) is 0 Å². The van der Waals surface area contributed by atoms with E-state index in [1.54, 1.807) is 16.8 Å². The van der Waals surface area contributed by atoms with E-state index in [1.807, 2.05) is 37.5 Å². The standard InChI is InChI=1S/C22H23N5O/c1-27-22(12-20(26-27)17-3-2-4-17)28-21-11-16(13-24)5-7-18(21)19-8-6-15(9-10-23)14-25-19/h5-8,11-12,14,17H,2-4,9-10,23H2,1H3. The summed E-state index contributed by atoms with van der Waals surface area (Å²) >= 11 is 0. The minimum absolute atomic E-state index is 0.533. The van der Waals surface area contributed by atoms with Crippen LogP contribution in [0.1, 0.15) is 42.0 Å². The smallest absolute Gasteiger partial charge is 0.217 e. The third-order valence-electron chi connectivity index (χ3n) is 5.24. The Morgan fingerprint density at radius 1 is 1.25 bits per heavy atom. The number of rotatable bonds is 6. The number of pyridine rings is 1. The van der Waals surface area contributed by atoms with Crippen LogP contribution in [-0.4, -0.2) is 21.3 Å². The van der Waals surface area contributed by atoms with Crippen LogP contribution >= 0.6 is 0 Å². The van der Waals surface area contributed by atoms with Gasteiger partial charge in [-0.05, 0) is 55.6 Å². The predicted molar refractivity (Wildman–Crippen MR) is 107 cm³/mol. The summed E-state index contributed by atoms with van der Waals surface area (Å²) in [7, 11) is 1.88. The molecule has 1 fully saturated rings. The van der Waals surface area contributed by atoms with Crippen LogP contribution in [0.4, 0.5) is 0 Å². The highest BCUT2D eigenvalue weighted by molar-refractivity contribution is 5.69. The van der Waals surface area contributed by atoms with E-state index >= 15 is 0 Å². The fourth-order valence-corrected chi connectivity index (χ4v) is 3.37. The first-order valence-electron chi connectivity index (χ1n) is 9.59. The second kappa shape index (κ2) is 7.83. The highest BCUT2D eigenvalue weighted by Gasteiger charge is 2.24. The van der Waals surface area contributed by atoms with E-state index < -0.39 is 0 Å². The van der Waals surface area contributed by atoms with E-state index in [4.69, 9.17) is 10.5 Å². The molecule has 28 heavy (non-hydrogen) atoms. The van der Waals surface area contributed by atoms with Crippen molar-refractivity contribution in [3.63, 3.8) is 0 Å². The zero-order valence-corrected chi connectivity index (χ0v) is 15.9. The monoisotopic (exact) mass is 373 g/mol. The molecule has 1 aliphatic rings. The zero-order chi connectivity index (χ0) is 19.5. The molecule has 0 saturated heterocycles. The van der Waals surface area contributed by atoms with Gasteiger partial charge in [0.2, 0.25) is 5.88 Å². The molecule has 1 aliphatic carbocycles. The van der Waals surface area contributed by atoms with Gasteiger partial charge in [0.05, 0.1) is 23.0 Å². The van der Waals surface area contributed by atoms with Gasteiger partial charge in [-0.25, -0.2) is 4.68 Å². The van der Waals surface area contributed by atoms with Crippen LogP contribution in [0.2, 0.25) is 0 Å². The largest absolute Gasteiger partial charge is 0.439 e. The summed E-state index contributed by atoms with van der Waals surface area (Å²) in [5.41, 5.74) is 9.96. The fraction of sp³-hybridized carbons (Fsp3) is 0.318. The molecule has 0 spiro atoms. The number of aryl methyl sites for hydroxylation is 1. The van der Waals surface area contributed by atoms with Gasteiger partial charge in [0.25, 0.3) is 0 Å². The SMILES string of the molecule is Cn1nc(C2CCC2)cc1Oc1cc(C#N)ccc1-c1ccc(CCN)cn1. The number of nitrogens with two attached hydrogens (primary N) is 1. The van der Waals surface area contributed by atoms with Gasteiger partial charge in [-0.15, -0.1) is 0 Å². The van der Waals surface area contributed by atoms with Crippen molar-refractivity contribution in [2.24, 2.45) is 12.8 Å². The maximum Gasteiger partial charge on any atom is 0.217 e. The average Bonchev–Trinajstić information content (AvgIpc) is 3.01. The first-order chi connectivity index (χ1) is 13.7. The minimum Gasteiger partial charge on any atom is -0.439 e. The summed E-state index contributed by atoms with van der Waals surface area (Å²) in [5, 5.41) is 13.9. The summed E-state index contributed by atoms with van der Waals surface area (Å²) < 4.78 is 7.96. The highest BCUT2D eigenvalue weighted by Crippen LogP contribution is 2.38. The molecule has 2 aromatic heterocycles. The van der Waals surface area contributed by atoms with Gasteiger partial charge in [0.15, 0.2) is 0 Å². The summed E-state index contributed by atoms with van der Waals surface area (Å²) in [6.07, 6.45) is 6.26. The topological polar surface area (TPSA) is 89.8 Å². The lowest BCUT2D eigenvalue weighted by Crippen LogP contribution is -2.09. The van der Waals surface area contributed by atoms with Gasteiger partial charge in [-0.3, -0.25) is 4.98 Å². The summed E-state index contributed by atoms with van der Waals surface area (Å²) in [6, 6.07) is 13.6. The first-order valence-corrected chi connectivity index (χ1v) is 9.59. The molecule has 1 saturated carbocycles.